The monoisotopic (exact) mass is 329 g/mol. The van der Waals surface area contributed by atoms with E-state index in [0.717, 1.165) is 29.4 Å². The molecule has 2 nitrogen and oxygen atoms in total. The number of hydrogen-bond acceptors (Lipinski definition) is 2. The lowest BCUT2D eigenvalue weighted by molar-refractivity contribution is 0.0113. The summed E-state index contributed by atoms with van der Waals surface area (Å²) in [6, 6.07) is 5.56. The van der Waals surface area contributed by atoms with Gasteiger partial charge in [0.1, 0.15) is 5.82 Å². The van der Waals surface area contributed by atoms with Crippen molar-refractivity contribution in [3.63, 3.8) is 0 Å². The molecule has 106 valence electrons. The summed E-state index contributed by atoms with van der Waals surface area (Å²) in [6.07, 6.45) is 4.84. The molecule has 1 aromatic carbocycles. The van der Waals surface area contributed by atoms with Crippen molar-refractivity contribution in [2.24, 2.45) is 0 Å². The van der Waals surface area contributed by atoms with Crippen LogP contribution in [0.5, 0.6) is 0 Å². The van der Waals surface area contributed by atoms with Gasteiger partial charge in [-0.25, -0.2) is 4.39 Å². The third-order valence-electron chi connectivity index (χ3n) is 3.58. The van der Waals surface area contributed by atoms with Gasteiger partial charge in [-0.2, -0.15) is 0 Å². The molecule has 0 amide bonds. The predicted molar refractivity (Wildman–Crippen MR) is 78.6 cm³/mol. The summed E-state index contributed by atoms with van der Waals surface area (Å²) in [6.45, 7) is 3.67. The van der Waals surface area contributed by atoms with Gasteiger partial charge in [-0.15, -0.1) is 0 Å². The van der Waals surface area contributed by atoms with Crippen molar-refractivity contribution in [2.45, 2.75) is 51.4 Å². The fourth-order valence-corrected chi connectivity index (χ4v) is 3.14. The van der Waals surface area contributed by atoms with Crippen LogP contribution in [0.2, 0.25) is 0 Å². The Morgan fingerprint density at radius 3 is 2.63 bits per heavy atom. The normalized spacial score (nSPS) is 23.5. The molecule has 1 fully saturated rings. The van der Waals surface area contributed by atoms with Gasteiger partial charge >= 0.3 is 0 Å². The fraction of sp³-hybridized carbons (Fsp3) is 0.600. The minimum Gasteiger partial charge on any atom is -0.374 e. The summed E-state index contributed by atoms with van der Waals surface area (Å²) in [7, 11) is 0. The molecule has 1 aliphatic carbocycles. The van der Waals surface area contributed by atoms with Crippen molar-refractivity contribution < 1.29 is 9.13 Å². The second kappa shape index (κ2) is 7.36. The molecule has 1 aromatic rings. The number of halogens is 2. The molecule has 0 spiro atoms. The van der Waals surface area contributed by atoms with E-state index < -0.39 is 0 Å². The smallest absolute Gasteiger partial charge is 0.124 e. The van der Waals surface area contributed by atoms with E-state index in [1.807, 2.05) is 6.07 Å². The molecule has 0 aliphatic heterocycles. The van der Waals surface area contributed by atoms with Crippen LogP contribution >= 0.6 is 15.9 Å². The topological polar surface area (TPSA) is 21.3 Å². The van der Waals surface area contributed by atoms with Crippen molar-refractivity contribution in [3.05, 3.63) is 34.1 Å². The zero-order valence-electron chi connectivity index (χ0n) is 11.3. The lowest BCUT2D eigenvalue weighted by Gasteiger charge is -2.29. The SMILES string of the molecule is CCNC1CCC(OCc2cc(F)cc(Br)c2)CC1. The van der Waals surface area contributed by atoms with E-state index in [1.165, 1.54) is 25.0 Å². The molecule has 0 atom stereocenters. The maximum absolute atomic E-state index is 13.2. The van der Waals surface area contributed by atoms with Crippen LogP contribution in [-0.4, -0.2) is 18.7 Å². The summed E-state index contributed by atoms with van der Waals surface area (Å²) in [5.74, 6) is -0.219. The number of rotatable bonds is 5. The Morgan fingerprint density at radius 1 is 1.26 bits per heavy atom. The quantitative estimate of drug-likeness (QED) is 0.880. The van der Waals surface area contributed by atoms with Gasteiger partial charge in [-0.05, 0) is 56.0 Å². The van der Waals surface area contributed by atoms with Crippen molar-refractivity contribution in [2.75, 3.05) is 6.54 Å². The van der Waals surface area contributed by atoms with Gasteiger partial charge in [0.2, 0.25) is 0 Å². The van der Waals surface area contributed by atoms with E-state index in [0.29, 0.717) is 18.8 Å². The van der Waals surface area contributed by atoms with E-state index in [2.05, 4.69) is 28.2 Å². The molecule has 2 rings (SSSR count). The first-order chi connectivity index (χ1) is 9.17. The lowest BCUT2D eigenvalue weighted by atomic mass is 9.93. The maximum atomic E-state index is 13.2. The molecule has 0 aromatic heterocycles. The molecule has 0 bridgehead atoms. The predicted octanol–water partition coefficient (Wildman–Crippen LogP) is 4.03. The highest BCUT2D eigenvalue weighted by Crippen LogP contribution is 2.23. The van der Waals surface area contributed by atoms with Crippen molar-refractivity contribution in [1.82, 2.24) is 5.32 Å². The number of ether oxygens (including phenoxy) is 1. The largest absolute Gasteiger partial charge is 0.374 e. The summed E-state index contributed by atoms with van der Waals surface area (Å²) in [5, 5.41) is 3.48. The first kappa shape index (κ1) is 14.9. The molecule has 4 heteroatoms. The standard InChI is InChI=1S/C15H21BrFNO/c1-2-18-14-3-5-15(6-4-14)19-10-11-7-12(16)9-13(17)8-11/h7-9,14-15,18H,2-6,10H2,1H3. The molecule has 0 saturated heterocycles. The minimum absolute atomic E-state index is 0.219. The van der Waals surface area contributed by atoms with Crippen LogP contribution in [0.25, 0.3) is 0 Å². The van der Waals surface area contributed by atoms with Crippen molar-refractivity contribution in [1.29, 1.82) is 0 Å². The van der Waals surface area contributed by atoms with Crippen LogP contribution in [0.4, 0.5) is 4.39 Å². The Balaban J connectivity index is 1.77. The summed E-state index contributed by atoms with van der Waals surface area (Å²) in [4.78, 5) is 0. The van der Waals surface area contributed by atoms with E-state index in [9.17, 15) is 4.39 Å². The Kier molecular flexibility index (Phi) is 5.79. The van der Waals surface area contributed by atoms with Gasteiger partial charge in [-0.3, -0.25) is 0 Å². The Morgan fingerprint density at radius 2 is 2.00 bits per heavy atom. The zero-order valence-corrected chi connectivity index (χ0v) is 12.9. The maximum Gasteiger partial charge on any atom is 0.124 e. The fourth-order valence-electron chi connectivity index (χ4n) is 2.63. The number of benzene rings is 1. The second-order valence-electron chi connectivity index (χ2n) is 5.12. The number of nitrogens with one attached hydrogen (secondary N) is 1. The van der Waals surface area contributed by atoms with Crippen LogP contribution < -0.4 is 5.32 Å². The van der Waals surface area contributed by atoms with Crippen LogP contribution in [0.15, 0.2) is 22.7 Å². The molecule has 1 aliphatic rings. The third-order valence-corrected chi connectivity index (χ3v) is 4.03. The van der Waals surface area contributed by atoms with Crippen LogP contribution in [0.1, 0.15) is 38.2 Å². The molecule has 1 N–H and O–H groups in total. The molecule has 19 heavy (non-hydrogen) atoms. The van der Waals surface area contributed by atoms with Gasteiger partial charge in [0.15, 0.2) is 0 Å². The van der Waals surface area contributed by atoms with E-state index in [1.54, 1.807) is 0 Å². The Labute approximate surface area is 122 Å². The summed E-state index contributed by atoms with van der Waals surface area (Å²) in [5.41, 5.74) is 0.890. The van der Waals surface area contributed by atoms with Gasteiger partial charge in [0.25, 0.3) is 0 Å². The molecule has 0 radical (unpaired) electrons. The van der Waals surface area contributed by atoms with Crippen molar-refractivity contribution in [3.8, 4) is 0 Å². The summed E-state index contributed by atoms with van der Waals surface area (Å²) < 4.78 is 19.9. The Hall–Kier alpha value is -0.450. The first-order valence-electron chi connectivity index (χ1n) is 6.97. The lowest BCUT2D eigenvalue weighted by Crippen LogP contribution is -2.35. The summed E-state index contributed by atoms with van der Waals surface area (Å²) >= 11 is 3.30. The van der Waals surface area contributed by atoms with Gasteiger partial charge < -0.3 is 10.1 Å². The van der Waals surface area contributed by atoms with Crippen LogP contribution in [0, 0.1) is 5.82 Å². The minimum atomic E-state index is -0.219. The van der Waals surface area contributed by atoms with E-state index >= 15 is 0 Å². The molecule has 1 saturated carbocycles. The highest BCUT2D eigenvalue weighted by molar-refractivity contribution is 9.10. The first-order valence-corrected chi connectivity index (χ1v) is 7.76. The highest BCUT2D eigenvalue weighted by Gasteiger charge is 2.20. The average molecular weight is 330 g/mol. The van der Waals surface area contributed by atoms with Gasteiger partial charge in [-0.1, -0.05) is 22.9 Å². The second-order valence-corrected chi connectivity index (χ2v) is 6.04. The average Bonchev–Trinajstić information content (AvgIpc) is 2.37. The third kappa shape index (κ3) is 4.86. The molecule has 0 heterocycles. The zero-order chi connectivity index (χ0) is 13.7. The molecular formula is C15H21BrFNO. The van der Waals surface area contributed by atoms with Crippen LogP contribution in [-0.2, 0) is 11.3 Å². The van der Waals surface area contributed by atoms with Gasteiger partial charge in [0, 0.05) is 10.5 Å². The molecule has 0 unspecified atom stereocenters. The number of hydrogen-bond donors (Lipinski definition) is 1. The molecular weight excluding hydrogens is 309 g/mol. The Bertz CT molecular complexity index is 385. The highest BCUT2D eigenvalue weighted by atomic mass is 79.9. The van der Waals surface area contributed by atoms with Crippen molar-refractivity contribution >= 4 is 15.9 Å². The van der Waals surface area contributed by atoms with Gasteiger partial charge in [0.05, 0.1) is 12.7 Å². The van der Waals surface area contributed by atoms with E-state index in [-0.39, 0.29) is 5.82 Å². The van der Waals surface area contributed by atoms with E-state index in [4.69, 9.17) is 4.74 Å². The van der Waals surface area contributed by atoms with Crippen LogP contribution in [0.3, 0.4) is 0 Å².